The van der Waals surface area contributed by atoms with Crippen LogP contribution in [-0.2, 0) is 6.54 Å². The highest BCUT2D eigenvalue weighted by Gasteiger charge is 2.30. The summed E-state index contributed by atoms with van der Waals surface area (Å²) in [6.07, 6.45) is 0.898. The molecule has 1 amide bonds. The summed E-state index contributed by atoms with van der Waals surface area (Å²) >= 11 is 1.41. The summed E-state index contributed by atoms with van der Waals surface area (Å²) in [5.41, 5.74) is 5.31. The van der Waals surface area contributed by atoms with E-state index in [1.54, 1.807) is 12.6 Å². The number of carbonyl (C=O) groups is 1. The van der Waals surface area contributed by atoms with Crippen molar-refractivity contribution < 1.29 is 9.53 Å². The second kappa shape index (κ2) is 8.58. The minimum atomic E-state index is 0.0675. The average molecular weight is 449 g/mol. The molecule has 4 aromatic rings. The molecule has 0 bridgehead atoms. The zero-order chi connectivity index (χ0) is 22.1. The van der Waals surface area contributed by atoms with E-state index < -0.39 is 0 Å². The minimum Gasteiger partial charge on any atom is -0.496 e. The highest BCUT2D eigenvalue weighted by Crippen LogP contribution is 2.30. The van der Waals surface area contributed by atoms with E-state index in [1.807, 2.05) is 48.2 Å². The largest absolute Gasteiger partial charge is 0.496 e. The SMILES string of the molecule is COc1ccccc1CNc1n[nH]c2nc([C@H]3CCN(C(=O)c4scnc4C)C3)ccc12. The number of aromatic nitrogens is 4. The Morgan fingerprint density at radius 1 is 1.31 bits per heavy atom. The molecule has 0 saturated carbocycles. The number of amides is 1. The van der Waals surface area contributed by atoms with Gasteiger partial charge in [0.15, 0.2) is 11.5 Å². The standard InChI is InChI=1S/C23H24N6O2S/c1-14-20(32-13-25-14)23(30)29-10-9-16(12-29)18-8-7-17-21(27-28-22(17)26-18)24-11-15-5-3-4-6-19(15)31-2/h3-8,13,16H,9-12H2,1-2H3,(H2,24,26,27,28)/t16-/m0/s1. The number of benzene rings is 1. The van der Waals surface area contributed by atoms with Gasteiger partial charge in [0.1, 0.15) is 10.6 Å². The number of anilines is 1. The number of hydrogen-bond acceptors (Lipinski definition) is 7. The Morgan fingerprint density at radius 3 is 3.00 bits per heavy atom. The molecule has 0 spiro atoms. The maximum Gasteiger partial charge on any atom is 0.265 e. The molecule has 0 unspecified atom stereocenters. The Labute approximate surface area is 189 Å². The van der Waals surface area contributed by atoms with Gasteiger partial charge in [0.25, 0.3) is 5.91 Å². The number of fused-ring (bicyclic) bond motifs is 1. The minimum absolute atomic E-state index is 0.0675. The van der Waals surface area contributed by atoms with Crippen LogP contribution in [0.4, 0.5) is 5.82 Å². The van der Waals surface area contributed by atoms with Crippen molar-refractivity contribution in [3.05, 3.63) is 63.7 Å². The van der Waals surface area contributed by atoms with Gasteiger partial charge >= 0.3 is 0 Å². The molecule has 32 heavy (non-hydrogen) atoms. The normalized spacial score (nSPS) is 15.9. The van der Waals surface area contributed by atoms with Crippen LogP contribution in [0.25, 0.3) is 11.0 Å². The third kappa shape index (κ3) is 3.80. The Bertz CT molecular complexity index is 1270. The van der Waals surface area contributed by atoms with Gasteiger partial charge in [-0.3, -0.25) is 9.89 Å². The number of ether oxygens (including phenoxy) is 1. The number of thiazole rings is 1. The quantitative estimate of drug-likeness (QED) is 0.463. The molecule has 1 aliphatic heterocycles. The van der Waals surface area contributed by atoms with Crippen LogP contribution < -0.4 is 10.1 Å². The van der Waals surface area contributed by atoms with E-state index in [4.69, 9.17) is 9.72 Å². The maximum atomic E-state index is 12.8. The number of rotatable bonds is 6. The first-order valence-electron chi connectivity index (χ1n) is 10.5. The molecule has 9 heteroatoms. The second-order valence-electron chi connectivity index (χ2n) is 7.87. The van der Waals surface area contributed by atoms with Crippen LogP contribution in [0.2, 0.25) is 0 Å². The summed E-state index contributed by atoms with van der Waals surface area (Å²) < 4.78 is 5.42. The number of carbonyl (C=O) groups excluding carboxylic acids is 1. The van der Waals surface area contributed by atoms with E-state index >= 15 is 0 Å². The lowest BCUT2D eigenvalue weighted by Crippen LogP contribution is -2.28. The van der Waals surface area contributed by atoms with Gasteiger partial charge in [0.05, 0.1) is 23.7 Å². The summed E-state index contributed by atoms with van der Waals surface area (Å²) in [6, 6.07) is 12.0. The third-order valence-electron chi connectivity index (χ3n) is 5.92. The fourth-order valence-corrected chi connectivity index (χ4v) is 4.92. The number of nitrogens with one attached hydrogen (secondary N) is 2. The van der Waals surface area contributed by atoms with Crippen LogP contribution in [0.5, 0.6) is 5.75 Å². The summed E-state index contributed by atoms with van der Waals surface area (Å²) in [5, 5.41) is 11.8. The van der Waals surface area contributed by atoms with Crippen molar-refractivity contribution >= 4 is 34.1 Å². The van der Waals surface area contributed by atoms with E-state index in [1.165, 1.54) is 11.3 Å². The van der Waals surface area contributed by atoms with Crippen molar-refractivity contribution in [1.29, 1.82) is 0 Å². The van der Waals surface area contributed by atoms with Gasteiger partial charge in [-0.05, 0) is 31.5 Å². The number of hydrogen-bond donors (Lipinski definition) is 2. The fraction of sp³-hybridized carbons (Fsp3) is 0.304. The van der Waals surface area contributed by atoms with Crippen molar-refractivity contribution in [3.63, 3.8) is 0 Å². The predicted molar refractivity (Wildman–Crippen MR) is 124 cm³/mol. The molecule has 164 valence electrons. The van der Waals surface area contributed by atoms with Crippen LogP contribution in [0, 0.1) is 6.92 Å². The molecule has 1 atom stereocenters. The topological polar surface area (TPSA) is 96.0 Å². The van der Waals surface area contributed by atoms with Crippen molar-refractivity contribution in [3.8, 4) is 5.75 Å². The fourth-order valence-electron chi connectivity index (χ4n) is 4.15. The van der Waals surface area contributed by atoms with Crippen molar-refractivity contribution in [2.45, 2.75) is 25.8 Å². The Kier molecular flexibility index (Phi) is 5.48. The van der Waals surface area contributed by atoms with Gasteiger partial charge in [0.2, 0.25) is 0 Å². The zero-order valence-corrected chi connectivity index (χ0v) is 18.8. The van der Waals surface area contributed by atoms with Crippen LogP contribution in [0.1, 0.15) is 39.0 Å². The highest BCUT2D eigenvalue weighted by atomic mass is 32.1. The molecule has 1 aromatic carbocycles. The van der Waals surface area contributed by atoms with Crippen LogP contribution >= 0.6 is 11.3 Å². The lowest BCUT2D eigenvalue weighted by molar-refractivity contribution is 0.0794. The molecular formula is C23H24N6O2S. The maximum absolute atomic E-state index is 12.8. The van der Waals surface area contributed by atoms with Crippen molar-refractivity contribution in [1.82, 2.24) is 25.1 Å². The molecule has 3 aromatic heterocycles. The Morgan fingerprint density at radius 2 is 2.19 bits per heavy atom. The Hall–Kier alpha value is -3.46. The van der Waals surface area contributed by atoms with E-state index in [2.05, 4.69) is 20.5 Å². The summed E-state index contributed by atoms with van der Waals surface area (Å²) in [6.45, 7) is 3.88. The summed E-state index contributed by atoms with van der Waals surface area (Å²) in [7, 11) is 1.67. The molecule has 2 N–H and O–H groups in total. The first kappa shape index (κ1) is 20.4. The number of aromatic amines is 1. The average Bonchev–Trinajstić information content (AvgIpc) is 3.57. The first-order chi connectivity index (χ1) is 15.6. The monoisotopic (exact) mass is 448 g/mol. The van der Waals surface area contributed by atoms with E-state index in [9.17, 15) is 4.79 Å². The molecule has 0 aliphatic carbocycles. The molecule has 1 saturated heterocycles. The molecule has 8 nitrogen and oxygen atoms in total. The summed E-state index contributed by atoms with van der Waals surface area (Å²) in [5.74, 6) is 1.88. The van der Waals surface area contributed by atoms with Crippen molar-refractivity contribution in [2.75, 3.05) is 25.5 Å². The van der Waals surface area contributed by atoms with Gasteiger partial charge in [-0.25, -0.2) is 9.97 Å². The van der Waals surface area contributed by atoms with Gasteiger partial charge in [-0.15, -0.1) is 11.3 Å². The van der Waals surface area contributed by atoms with Gasteiger partial charge in [-0.2, -0.15) is 5.10 Å². The Balaban J connectivity index is 1.29. The second-order valence-corrected chi connectivity index (χ2v) is 8.73. The number of pyridine rings is 1. The lowest BCUT2D eigenvalue weighted by Gasteiger charge is -2.15. The number of H-pyrrole nitrogens is 1. The molecule has 1 fully saturated rings. The smallest absolute Gasteiger partial charge is 0.265 e. The predicted octanol–water partition coefficient (Wildman–Crippen LogP) is 3.97. The molecule has 5 rings (SSSR count). The number of nitrogens with zero attached hydrogens (tertiary/aromatic N) is 4. The van der Waals surface area contributed by atoms with Crippen molar-refractivity contribution in [2.24, 2.45) is 0 Å². The zero-order valence-electron chi connectivity index (χ0n) is 18.0. The van der Waals surface area contributed by atoms with Gasteiger partial charge in [0, 0.05) is 36.8 Å². The third-order valence-corrected chi connectivity index (χ3v) is 6.83. The number of likely N-dealkylation sites (tertiary alicyclic amines) is 1. The van der Waals surface area contributed by atoms with Gasteiger partial charge in [-0.1, -0.05) is 18.2 Å². The van der Waals surface area contributed by atoms with E-state index in [-0.39, 0.29) is 11.8 Å². The summed E-state index contributed by atoms with van der Waals surface area (Å²) in [4.78, 5) is 24.4. The molecular weight excluding hydrogens is 424 g/mol. The first-order valence-corrected chi connectivity index (χ1v) is 11.4. The number of aryl methyl sites for hydroxylation is 1. The molecule has 4 heterocycles. The van der Waals surface area contributed by atoms with Crippen LogP contribution in [0.3, 0.4) is 0 Å². The number of para-hydroxylation sites is 1. The molecule has 1 aliphatic rings. The van der Waals surface area contributed by atoms with Crippen LogP contribution in [-0.4, -0.2) is 51.2 Å². The lowest BCUT2D eigenvalue weighted by atomic mass is 10.0. The molecule has 0 radical (unpaired) electrons. The number of methoxy groups -OCH3 is 1. The van der Waals surface area contributed by atoms with Crippen LogP contribution in [0.15, 0.2) is 41.9 Å². The van der Waals surface area contributed by atoms with Gasteiger partial charge < -0.3 is 15.0 Å². The highest BCUT2D eigenvalue weighted by molar-refractivity contribution is 7.11. The van der Waals surface area contributed by atoms with E-state index in [0.29, 0.717) is 13.1 Å². The van der Waals surface area contributed by atoms with E-state index in [0.717, 1.165) is 57.4 Å².